The van der Waals surface area contributed by atoms with E-state index < -0.39 is 6.10 Å². The summed E-state index contributed by atoms with van der Waals surface area (Å²) in [5, 5.41) is 18.7. The van der Waals surface area contributed by atoms with Gasteiger partial charge in [0.25, 0.3) is 0 Å². The second-order valence-corrected chi connectivity index (χ2v) is 4.44. The third-order valence-corrected chi connectivity index (χ3v) is 2.07. The van der Waals surface area contributed by atoms with Crippen LogP contribution in [-0.2, 0) is 4.74 Å². The van der Waals surface area contributed by atoms with Crippen LogP contribution in [0.5, 0.6) is 0 Å². The van der Waals surface area contributed by atoms with Gasteiger partial charge in [0.05, 0.1) is 24.9 Å². The molecule has 0 heterocycles. The summed E-state index contributed by atoms with van der Waals surface area (Å²) in [5.41, 5.74) is 0. The van der Waals surface area contributed by atoms with Gasteiger partial charge in [-0.3, -0.25) is 0 Å². The predicted molar refractivity (Wildman–Crippen MR) is 60.9 cm³/mol. The molecule has 0 aromatic carbocycles. The monoisotopic (exact) mass is 219 g/mol. The molecule has 0 radical (unpaired) electrons. The highest BCUT2D eigenvalue weighted by Gasteiger charge is 2.09. The maximum absolute atomic E-state index is 9.60. The molecule has 0 spiro atoms. The van der Waals surface area contributed by atoms with Crippen molar-refractivity contribution in [1.82, 2.24) is 4.90 Å². The number of ether oxygens (including phenoxy) is 1. The van der Waals surface area contributed by atoms with Gasteiger partial charge in [-0.05, 0) is 34.2 Å². The van der Waals surface area contributed by atoms with Crippen molar-refractivity contribution in [2.24, 2.45) is 0 Å². The highest BCUT2D eigenvalue weighted by atomic mass is 16.5. The van der Waals surface area contributed by atoms with Crippen LogP contribution < -0.4 is 0 Å². The first-order chi connectivity index (χ1) is 6.91. The highest BCUT2D eigenvalue weighted by Crippen LogP contribution is 1.97. The summed E-state index contributed by atoms with van der Waals surface area (Å²) in [6, 6.07) is 0. The molecule has 15 heavy (non-hydrogen) atoms. The Morgan fingerprint density at radius 3 is 2.27 bits per heavy atom. The molecule has 0 aliphatic heterocycles. The molecule has 92 valence electrons. The van der Waals surface area contributed by atoms with Crippen LogP contribution in [-0.4, -0.2) is 60.2 Å². The van der Waals surface area contributed by atoms with Crippen LogP contribution in [0.4, 0.5) is 0 Å². The van der Waals surface area contributed by atoms with Crippen LogP contribution in [0.3, 0.4) is 0 Å². The van der Waals surface area contributed by atoms with E-state index in [0.29, 0.717) is 13.2 Å². The fraction of sp³-hybridized carbons (Fsp3) is 1.00. The van der Waals surface area contributed by atoms with Crippen molar-refractivity contribution in [3.63, 3.8) is 0 Å². The van der Waals surface area contributed by atoms with E-state index in [4.69, 9.17) is 9.84 Å². The smallest absolute Gasteiger partial charge is 0.0900 e. The topological polar surface area (TPSA) is 52.9 Å². The van der Waals surface area contributed by atoms with Crippen LogP contribution >= 0.6 is 0 Å². The lowest BCUT2D eigenvalue weighted by Crippen LogP contribution is -2.34. The van der Waals surface area contributed by atoms with Gasteiger partial charge in [0.1, 0.15) is 0 Å². The van der Waals surface area contributed by atoms with Crippen molar-refractivity contribution >= 4 is 0 Å². The van der Waals surface area contributed by atoms with E-state index in [1.165, 1.54) is 0 Å². The molecule has 2 unspecified atom stereocenters. The quantitative estimate of drug-likeness (QED) is 0.623. The maximum atomic E-state index is 9.60. The average molecular weight is 219 g/mol. The van der Waals surface area contributed by atoms with Crippen molar-refractivity contribution in [2.45, 2.75) is 45.5 Å². The lowest BCUT2D eigenvalue weighted by molar-refractivity contribution is -0.00654. The number of hydrogen-bond donors (Lipinski definition) is 2. The van der Waals surface area contributed by atoms with Crippen molar-refractivity contribution in [3.8, 4) is 0 Å². The molecule has 0 bridgehead atoms. The molecule has 0 saturated carbocycles. The number of hydrogen-bond acceptors (Lipinski definition) is 4. The number of nitrogens with zero attached hydrogens (tertiary/aromatic N) is 1. The summed E-state index contributed by atoms with van der Waals surface area (Å²) in [6.45, 7) is 7.41. The first-order valence-corrected chi connectivity index (χ1v) is 5.58. The molecule has 0 aromatic heterocycles. The predicted octanol–water partition coefficient (Wildman–Crippen LogP) is 0.475. The molecule has 0 aliphatic rings. The minimum atomic E-state index is -0.452. The van der Waals surface area contributed by atoms with Crippen molar-refractivity contribution < 1.29 is 14.9 Å². The van der Waals surface area contributed by atoms with E-state index in [9.17, 15) is 5.11 Å². The Hall–Kier alpha value is -0.160. The molecule has 0 aromatic rings. The SMILES string of the molecule is CC(O)CCN(C)CC(O)COC(C)C. The molecule has 2 atom stereocenters. The standard InChI is InChI=1S/C11H25NO3/c1-9(2)15-8-11(14)7-12(4)6-5-10(3)13/h9-11,13-14H,5-8H2,1-4H3. The van der Waals surface area contributed by atoms with E-state index in [2.05, 4.69) is 0 Å². The Balaban J connectivity index is 3.52. The van der Waals surface area contributed by atoms with Gasteiger partial charge in [-0.25, -0.2) is 0 Å². The third kappa shape index (κ3) is 10.1. The molecular formula is C11H25NO3. The van der Waals surface area contributed by atoms with Gasteiger partial charge in [-0.2, -0.15) is 0 Å². The van der Waals surface area contributed by atoms with Crippen LogP contribution in [0.25, 0.3) is 0 Å². The molecule has 4 heteroatoms. The van der Waals surface area contributed by atoms with Gasteiger partial charge in [-0.1, -0.05) is 0 Å². The Morgan fingerprint density at radius 1 is 1.20 bits per heavy atom. The molecule has 0 rings (SSSR count). The Bertz CT molecular complexity index is 135. The van der Waals surface area contributed by atoms with Gasteiger partial charge >= 0.3 is 0 Å². The summed E-state index contributed by atoms with van der Waals surface area (Å²) in [4.78, 5) is 2.00. The van der Waals surface area contributed by atoms with E-state index >= 15 is 0 Å². The Labute approximate surface area is 92.9 Å². The summed E-state index contributed by atoms with van der Waals surface area (Å²) >= 11 is 0. The maximum Gasteiger partial charge on any atom is 0.0900 e. The lowest BCUT2D eigenvalue weighted by atomic mass is 10.2. The number of aliphatic hydroxyl groups is 2. The summed E-state index contributed by atoms with van der Waals surface area (Å²) in [7, 11) is 1.93. The number of aliphatic hydroxyl groups excluding tert-OH is 2. The molecule has 0 aliphatic carbocycles. The Morgan fingerprint density at radius 2 is 1.80 bits per heavy atom. The van der Waals surface area contributed by atoms with Crippen LogP contribution in [0, 0.1) is 0 Å². The molecule has 0 amide bonds. The second kappa shape index (κ2) is 8.05. The highest BCUT2D eigenvalue weighted by molar-refractivity contribution is 4.62. The summed E-state index contributed by atoms with van der Waals surface area (Å²) in [5.74, 6) is 0. The van der Waals surface area contributed by atoms with Crippen molar-refractivity contribution in [3.05, 3.63) is 0 Å². The minimum Gasteiger partial charge on any atom is -0.393 e. The summed E-state index contributed by atoms with van der Waals surface area (Å²) < 4.78 is 5.30. The molecule has 0 fully saturated rings. The normalized spacial score (nSPS) is 16.0. The Kier molecular flexibility index (Phi) is 7.96. The number of rotatable bonds is 8. The van der Waals surface area contributed by atoms with Crippen LogP contribution in [0.1, 0.15) is 27.2 Å². The average Bonchev–Trinajstić information content (AvgIpc) is 2.11. The fourth-order valence-electron chi connectivity index (χ4n) is 1.21. The first-order valence-electron chi connectivity index (χ1n) is 5.58. The fourth-order valence-corrected chi connectivity index (χ4v) is 1.21. The van der Waals surface area contributed by atoms with Crippen LogP contribution in [0.15, 0.2) is 0 Å². The molecular weight excluding hydrogens is 194 g/mol. The summed E-state index contributed by atoms with van der Waals surface area (Å²) in [6.07, 6.45) is 0.152. The molecule has 4 nitrogen and oxygen atoms in total. The van der Waals surface area contributed by atoms with E-state index in [-0.39, 0.29) is 12.2 Å². The van der Waals surface area contributed by atoms with E-state index in [1.54, 1.807) is 6.92 Å². The number of likely N-dealkylation sites (N-methyl/N-ethyl adjacent to an activating group) is 1. The van der Waals surface area contributed by atoms with Crippen molar-refractivity contribution in [2.75, 3.05) is 26.7 Å². The van der Waals surface area contributed by atoms with Crippen LogP contribution in [0.2, 0.25) is 0 Å². The van der Waals surface area contributed by atoms with Gasteiger partial charge in [0, 0.05) is 13.1 Å². The van der Waals surface area contributed by atoms with Gasteiger partial charge in [0.15, 0.2) is 0 Å². The molecule has 0 saturated heterocycles. The lowest BCUT2D eigenvalue weighted by Gasteiger charge is -2.21. The first kappa shape index (κ1) is 14.8. The zero-order valence-electron chi connectivity index (χ0n) is 10.3. The second-order valence-electron chi connectivity index (χ2n) is 4.44. The largest absolute Gasteiger partial charge is 0.393 e. The van der Waals surface area contributed by atoms with E-state index in [1.807, 2.05) is 25.8 Å². The zero-order chi connectivity index (χ0) is 11.8. The van der Waals surface area contributed by atoms with Gasteiger partial charge in [0.2, 0.25) is 0 Å². The van der Waals surface area contributed by atoms with Gasteiger partial charge in [-0.15, -0.1) is 0 Å². The zero-order valence-corrected chi connectivity index (χ0v) is 10.3. The minimum absolute atomic E-state index is 0.155. The van der Waals surface area contributed by atoms with E-state index in [0.717, 1.165) is 13.0 Å². The van der Waals surface area contributed by atoms with Gasteiger partial charge < -0.3 is 19.8 Å². The third-order valence-electron chi connectivity index (χ3n) is 2.07. The van der Waals surface area contributed by atoms with Crippen molar-refractivity contribution in [1.29, 1.82) is 0 Å². The molecule has 2 N–H and O–H groups in total.